The zero-order valence-electron chi connectivity index (χ0n) is 27.9. The van der Waals surface area contributed by atoms with Gasteiger partial charge in [0, 0.05) is 10.8 Å². The largest absolute Gasteiger partial charge is 0.0619 e. The molecule has 0 unspecified atom stereocenters. The summed E-state index contributed by atoms with van der Waals surface area (Å²) in [5.41, 5.74) is 16.4. The molecule has 0 fully saturated rings. The summed E-state index contributed by atoms with van der Waals surface area (Å²) in [5, 5.41) is 7.76. The second-order valence-corrected chi connectivity index (χ2v) is 14.8. The Bertz CT molecular complexity index is 2600. The molecule has 8 aromatic carbocycles. The summed E-state index contributed by atoms with van der Waals surface area (Å²) >= 11 is 0. The molecular weight excluding hydrogens is 577 g/mol. The van der Waals surface area contributed by atoms with E-state index in [-0.39, 0.29) is 10.8 Å². The molecule has 48 heavy (non-hydrogen) atoms. The lowest BCUT2D eigenvalue weighted by atomic mass is 9.73. The fourth-order valence-electron chi connectivity index (χ4n) is 9.59. The smallest absolute Gasteiger partial charge is 0.0165 e. The van der Waals surface area contributed by atoms with Gasteiger partial charge in [0.15, 0.2) is 0 Å². The Kier molecular flexibility index (Phi) is 5.50. The van der Waals surface area contributed by atoms with E-state index < -0.39 is 0 Å². The highest BCUT2D eigenvalue weighted by atomic mass is 14.5. The Morgan fingerprint density at radius 2 is 0.729 bits per heavy atom. The van der Waals surface area contributed by atoms with Gasteiger partial charge in [-0.3, -0.25) is 0 Å². The lowest BCUT2D eigenvalue weighted by molar-refractivity contribution is 0.649. The Morgan fingerprint density at radius 3 is 1.35 bits per heavy atom. The molecule has 0 atom stereocenters. The van der Waals surface area contributed by atoms with Crippen LogP contribution in [-0.2, 0) is 10.8 Å². The number of hydrogen-bond donors (Lipinski definition) is 0. The normalized spacial score (nSPS) is 15.0. The van der Waals surface area contributed by atoms with Gasteiger partial charge in [-0.15, -0.1) is 0 Å². The maximum atomic E-state index is 2.57. The van der Waals surface area contributed by atoms with Crippen molar-refractivity contribution in [2.24, 2.45) is 0 Å². The maximum Gasteiger partial charge on any atom is 0.0165 e. The van der Waals surface area contributed by atoms with Crippen LogP contribution in [0.15, 0.2) is 146 Å². The minimum absolute atomic E-state index is 0.107. The molecule has 0 saturated carbocycles. The molecule has 0 saturated heterocycles. The monoisotopic (exact) mass is 612 g/mol. The first-order valence-corrected chi connectivity index (χ1v) is 17.2. The summed E-state index contributed by atoms with van der Waals surface area (Å²) in [7, 11) is 0. The van der Waals surface area contributed by atoms with Crippen molar-refractivity contribution < 1.29 is 0 Å². The number of benzene rings is 8. The predicted molar refractivity (Wildman–Crippen MR) is 205 cm³/mol. The van der Waals surface area contributed by atoms with Crippen molar-refractivity contribution in [3.05, 3.63) is 168 Å². The van der Waals surface area contributed by atoms with Crippen LogP contribution in [0.4, 0.5) is 0 Å². The summed E-state index contributed by atoms with van der Waals surface area (Å²) in [5.74, 6) is 0. The van der Waals surface area contributed by atoms with E-state index in [0.717, 1.165) is 0 Å². The third kappa shape index (κ3) is 3.45. The quantitative estimate of drug-likeness (QED) is 0.170. The van der Waals surface area contributed by atoms with Crippen molar-refractivity contribution in [3.63, 3.8) is 0 Å². The lowest BCUT2D eigenvalue weighted by Gasteiger charge is -2.30. The molecule has 228 valence electrons. The third-order valence-corrected chi connectivity index (χ3v) is 11.6. The van der Waals surface area contributed by atoms with Gasteiger partial charge < -0.3 is 0 Å². The molecule has 0 nitrogen and oxygen atoms in total. The van der Waals surface area contributed by atoms with Crippen LogP contribution in [0.1, 0.15) is 49.9 Å². The Morgan fingerprint density at radius 1 is 0.312 bits per heavy atom. The van der Waals surface area contributed by atoms with Crippen molar-refractivity contribution in [1.82, 2.24) is 0 Å². The molecule has 2 aliphatic rings. The molecule has 0 aromatic heterocycles. The Labute approximate surface area is 282 Å². The van der Waals surface area contributed by atoms with Crippen molar-refractivity contribution in [2.45, 2.75) is 38.5 Å². The Balaban J connectivity index is 1.41. The fourth-order valence-corrected chi connectivity index (χ4v) is 9.59. The standard InChI is InChI=1S/C48H36/c1-47(2)40-26-13-11-19-31(40)38-28-39(46-44(45(38)47)37-24-12-14-27-41(37)48(46,3)4)43-35-22-9-7-20-33(35)42(34-21-8-10-23-36(34)43)32-25-15-17-29-16-5-6-18-30(29)32/h5-28H,1-4H3. The number of hydrogen-bond acceptors (Lipinski definition) is 0. The van der Waals surface area contributed by atoms with E-state index in [9.17, 15) is 0 Å². The molecule has 0 N–H and O–H groups in total. The summed E-state index contributed by atoms with van der Waals surface area (Å²) in [6.07, 6.45) is 0. The molecule has 0 spiro atoms. The van der Waals surface area contributed by atoms with E-state index in [4.69, 9.17) is 0 Å². The molecular formula is C48H36. The second-order valence-electron chi connectivity index (χ2n) is 14.8. The van der Waals surface area contributed by atoms with Crippen LogP contribution in [0.2, 0.25) is 0 Å². The highest BCUT2D eigenvalue weighted by molar-refractivity contribution is 6.24. The van der Waals surface area contributed by atoms with Gasteiger partial charge in [0.1, 0.15) is 0 Å². The van der Waals surface area contributed by atoms with Crippen molar-refractivity contribution >= 4 is 32.3 Å². The SMILES string of the molecule is CC1(C)c2ccccc2-c2cc(-c3c4ccccc4c(-c4cccc5ccccc45)c4ccccc34)c3c(c21)-c1ccccc1C3(C)C. The first kappa shape index (κ1) is 27.6. The van der Waals surface area contributed by atoms with Crippen LogP contribution in [0, 0.1) is 0 Å². The highest BCUT2D eigenvalue weighted by Gasteiger charge is 2.46. The van der Waals surface area contributed by atoms with Gasteiger partial charge in [-0.05, 0) is 105 Å². The van der Waals surface area contributed by atoms with E-state index in [0.29, 0.717) is 0 Å². The maximum absolute atomic E-state index is 2.57. The zero-order valence-corrected chi connectivity index (χ0v) is 27.9. The summed E-state index contributed by atoms with van der Waals surface area (Å²) in [6.45, 7) is 9.74. The highest BCUT2D eigenvalue weighted by Crippen LogP contribution is 2.62. The van der Waals surface area contributed by atoms with Crippen LogP contribution >= 0.6 is 0 Å². The van der Waals surface area contributed by atoms with E-state index >= 15 is 0 Å². The predicted octanol–water partition coefficient (Wildman–Crippen LogP) is 13.1. The van der Waals surface area contributed by atoms with Crippen LogP contribution in [-0.4, -0.2) is 0 Å². The molecule has 2 aliphatic carbocycles. The minimum Gasteiger partial charge on any atom is -0.0619 e. The van der Waals surface area contributed by atoms with Gasteiger partial charge in [0.05, 0.1) is 0 Å². The number of fused-ring (bicyclic) bond motifs is 10. The topological polar surface area (TPSA) is 0 Å². The van der Waals surface area contributed by atoms with Gasteiger partial charge in [-0.1, -0.05) is 167 Å². The summed E-state index contributed by atoms with van der Waals surface area (Å²) < 4.78 is 0. The van der Waals surface area contributed by atoms with Gasteiger partial charge in [0.25, 0.3) is 0 Å². The molecule has 0 aliphatic heterocycles. The third-order valence-electron chi connectivity index (χ3n) is 11.6. The molecule has 10 rings (SSSR count). The van der Waals surface area contributed by atoms with E-state index in [1.807, 2.05) is 0 Å². The van der Waals surface area contributed by atoms with Crippen LogP contribution < -0.4 is 0 Å². The van der Waals surface area contributed by atoms with Gasteiger partial charge >= 0.3 is 0 Å². The molecule has 0 amide bonds. The fraction of sp³-hybridized carbons (Fsp3) is 0.125. The van der Waals surface area contributed by atoms with Gasteiger partial charge in [-0.25, -0.2) is 0 Å². The van der Waals surface area contributed by atoms with Gasteiger partial charge in [0.2, 0.25) is 0 Å². The van der Waals surface area contributed by atoms with E-state index in [1.165, 1.54) is 99.1 Å². The molecule has 0 heteroatoms. The molecule has 0 bridgehead atoms. The summed E-state index contributed by atoms with van der Waals surface area (Å²) in [4.78, 5) is 0. The zero-order chi connectivity index (χ0) is 32.4. The minimum atomic E-state index is -0.169. The molecule has 8 aromatic rings. The Hall–Kier alpha value is -5.46. The average molecular weight is 613 g/mol. The van der Waals surface area contributed by atoms with Crippen LogP contribution in [0.3, 0.4) is 0 Å². The average Bonchev–Trinajstić information content (AvgIpc) is 3.50. The molecule has 0 radical (unpaired) electrons. The van der Waals surface area contributed by atoms with Crippen molar-refractivity contribution in [1.29, 1.82) is 0 Å². The lowest BCUT2D eigenvalue weighted by Crippen LogP contribution is -2.19. The second kappa shape index (κ2) is 9.55. The van der Waals surface area contributed by atoms with Crippen LogP contribution in [0.25, 0.3) is 76.8 Å². The van der Waals surface area contributed by atoms with E-state index in [1.54, 1.807) is 0 Å². The van der Waals surface area contributed by atoms with Crippen LogP contribution in [0.5, 0.6) is 0 Å². The van der Waals surface area contributed by atoms with Crippen molar-refractivity contribution in [3.8, 4) is 44.5 Å². The number of rotatable bonds is 2. The summed E-state index contributed by atoms with van der Waals surface area (Å²) in [6, 6.07) is 54.6. The van der Waals surface area contributed by atoms with Crippen molar-refractivity contribution in [2.75, 3.05) is 0 Å². The van der Waals surface area contributed by atoms with Gasteiger partial charge in [-0.2, -0.15) is 0 Å². The molecule has 0 heterocycles. The first-order chi connectivity index (χ1) is 23.4. The first-order valence-electron chi connectivity index (χ1n) is 17.2. The van der Waals surface area contributed by atoms with E-state index in [2.05, 4.69) is 173 Å².